The Kier molecular flexibility index (Phi) is 9.77. The number of nitrogens with zero attached hydrogens (tertiary/aromatic N) is 6. The van der Waals surface area contributed by atoms with Gasteiger partial charge in [0.25, 0.3) is 0 Å². The maximum atomic E-state index is 10.7. The summed E-state index contributed by atoms with van der Waals surface area (Å²) in [5.74, 6) is 0. The minimum absolute atomic E-state index is 0.275. The normalized spacial score (nSPS) is 26.1. The van der Waals surface area contributed by atoms with Gasteiger partial charge in [-0.2, -0.15) is 0 Å². The van der Waals surface area contributed by atoms with Crippen LogP contribution in [0, 0.1) is 0 Å². The van der Waals surface area contributed by atoms with Crippen molar-refractivity contribution in [1.82, 2.24) is 29.4 Å². The van der Waals surface area contributed by atoms with E-state index in [9.17, 15) is 5.11 Å². The fourth-order valence-electron chi connectivity index (χ4n) is 3.62. The van der Waals surface area contributed by atoms with Crippen LogP contribution in [-0.2, 0) is 0 Å². The van der Waals surface area contributed by atoms with E-state index in [4.69, 9.17) is 0 Å². The fourth-order valence-corrected chi connectivity index (χ4v) is 3.62. The summed E-state index contributed by atoms with van der Waals surface area (Å²) in [6.45, 7) is 14.6. The van der Waals surface area contributed by atoms with Crippen molar-refractivity contribution in [1.29, 1.82) is 0 Å². The van der Waals surface area contributed by atoms with Crippen molar-refractivity contribution < 1.29 is 5.11 Å². The maximum Gasteiger partial charge on any atom is 0.0793 e. The number of likely N-dealkylation sites (N-methyl/N-ethyl adjacent to an activating group) is 4. The van der Waals surface area contributed by atoms with Gasteiger partial charge in [-0.05, 0) is 28.2 Å². The predicted octanol–water partition coefficient (Wildman–Crippen LogP) is -1.29. The van der Waals surface area contributed by atoms with Crippen molar-refractivity contribution in [2.45, 2.75) is 6.10 Å². The quantitative estimate of drug-likeness (QED) is 0.660. The second-order valence-corrected chi connectivity index (χ2v) is 8.47. The zero-order chi connectivity index (χ0) is 18.9. The molecule has 2 saturated heterocycles. The highest BCUT2D eigenvalue weighted by Crippen LogP contribution is 2.03. The predicted molar refractivity (Wildman–Crippen MR) is 109 cm³/mol. The second-order valence-electron chi connectivity index (χ2n) is 8.47. The summed E-state index contributed by atoms with van der Waals surface area (Å²) in [7, 11) is 8.79. The van der Waals surface area contributed by atoms with E-state index in [-0.39, 0.29) is 6.10 Å². The average molecular weight is 371 g/mol. The number of hydrogen-bond acceptors (Lipinski definition) is 7. The lowest BCUT2D eigenvalue weighted by atomic mass is 10.2. The van der Waals surface area contributed by atoms with Gasteiger partial charge in [-0.1, -0.05) is 0 Å². The molecule has 0 amide bonds. The Morgan fingerprint density at radius 3 is 1.00 bits per heavy atom. The lowest BCUT2D eigenvalue weighted by Gasteiger charge is -2.30. The van der Waals surface area contributed by atoms with Crippen molar-refractivity contribution in [3.8, 4) is 0 Å². The van der Waals surface area contributed by atoms with Crippen molar-refractivity contribution in [3.05, 3.63) is 0 Å². The highest BCUT2D eigenvalue weighted by molar-refractivity contribution is 4.75. The molecule has 0 aliphatic carbocycles. The van der Waals surface area contributed by atoms with E-state index in [0.717, 1.165) is 91.6 Å². The van der Waals surface area contributed by atoms with Crippen LogP contribution in [-0.4, -0.2) is 160 Å². The van der Waals surface area contributed by atoms with Gasteiger partial charge >= 0.3 is 0 Å². The number of rotatable bonds is 4. The van der Waals surface area contributed by atoms with Crippen LogP contribution in [0.5, 0.6) is 0 Å². The molecule has 2 heterocycles. The summed E-state index contributed by atoms with van der Waals surface area (Å²) in [5.41, 5.74) is 0. The number of hydrogen-bond donors (Lipinski definition) is 1. The number of aliphatic hydroxyl groups excluding tert-OH is 1. The molecule has 2 rings (SSSR count). The molecule has 2 aliphatic rings. The summed E-state index contributed by atoms with van der Waals surface area (Å²) in [6.07, 6.45) is -0.275. The van der Waals surface area contributed by atoms with Gasteiger partial charge in [0.15, 0.2) is 0 Å². The summed E-state index contributed by atoms with van der Waals surface area (Å²) < 4.78 is 0. The first-order valence-corrected chi connectivity index (χ1v) is 10.3. The summed E-state index contributed by atoms with van der Waals surface area (Å²) >= 11 is 0. The molecule has 0 unspecified atom stereocenters. The van der Waals surface area contributed by atoms with Crippen LogP contribution >= 0.6 is 0 Å². The summed E-state index contributed by atoms with van der Waals surface area (Å²) in [6, 6.07) is 0. The van der Waals surface area contributed by atoms with Gasteiger partial charge in [0.2, 0.25) is 0 Å². The Labute approximate surface area is 161 Å². The Hall–Kier alpha value is -0.280. The molecule has 2 aliphatic heterocycles. The first kappa shape index (κ1) is 22.0. The molecule has 0 aromatic rings. The smallest absolute Gasteiger partial charge is 0.0793 e. The van der Waals surface area contributed by atoms with Gasteiger partial charge in [-0.25, -0.2) is 0 Å². The Morgan fingerprint density at radius 1 is 0.500 bits per heavy atom. The molecular weight excluding hydrogens is 328 g/mol. The lowest BCUT2D eigenvalue weighted by Crippen LogP contribution is -2.45. The number of aliphatic hydroxyl groups is 1. The van der Waals surface area contributed by atoms with E-state index in [2.05, 4.69) is 57.6 Å². The number of β-amino-alcohol motifs (C(OH)–C–C–N with tert-alkyl or cyclic N) is 1. The van der Waals surface area contributed by atoms with E-state index in [0.29, 0.717) is 0 Å². The van der Waals surface area contributed by atoms with Crippen molar-refractivity contribution in [2.75, 3.05) is 120 Å². The molecule has 0 bridgehead atoms. The van der Waals surface area contributed by atoms with Crippen molar-refractivity contribution >= 4 is 0 Å². The average Bonchev–Trinajstić information content (AvgIpc) is 2.73. The van der Waals surface area contributed by atoms with E-state index < -0.39 is 0 Å². The summed E-state index contributed by atoms with van der Waals surface area (Å²) in [5, 5.41) is 10.7. The first-order chi connectivity index (χ1) is 12.4. The fraction of sp³-hybridized carbons (Fsp3) is 1.00. The minimum atomic E-state index is -0.275. The van der Waals surface area contributed by atoms with Crippen LogP contribution < -0.4 is 0 Å². The topological polar surface area (TPSA) is 39.7 Å². The van der Waals surface area contributed by atoms with Crippen LogP contribution in [0.15, 0.2) is 0 Å². The van der Waals surface area contributed by atoms with Gasteiger partial charge in [-0.15, -0.1) is 0 Å². The standard InChI is InChI=1S/C19H42N6O/c1-20-5-6-21(2)10-14-24(13-9-20)17-19(26)18-25-15-11-22(3)7-8-23(4)12-16-25/h19,26H,5-18H2,1-4H3. The van der Waals surface area contributed by atoms with Gasteiger partial charge in [0, 0.05) is 91.6 Å². The van der Waals surface area contributed by atoms with Crippen molar-refractivity contribution in [3.63, 3.8) is 0 Å². The molecule has 2 fully saturated rings. The Balaban J connectivity index is 1.81. The van der Waals surface area contributed by atoms with Crippen LogP contribution in [0.25, 0.3) is 0 Å². The Morgan fingerprint density at radius 2 is 0.731 bits per heavy atom. The highest BCUT2D eigenvalue weighted by Gasteiger charge is 2.19. The van der Waals surface area contributed by atoms with Crippen LogP contribution in [0.4, 0.5) is 0 Å². The van der Waals surface area contributed by atoms with Gasteiger partial charge in [0.05, 0.1) is 6.10 Å². The molecule has 154 valence electrons. The lowest BCUT2D eigenvalue weighted by molar-refractivity contribution is 0.0675. The summed E-state index contributed by atoms with van der Waals surface area (Å²) in [4.78, 5) is 14.5. The SMILES string of the molecule is CN1CCN(C)CCN(CC(O)CN2CCN(C)CCN(C)CC2)CC1. The molecular formula is C19H42N6O. The largest absolute Gasteiger partial charge is 0.390 e. The molecule has 0 spiro atoms. The molecule has 0 aromatic heterocycles. The third-order valence-corrected chi connectivity index (χ3v) is 5.86. The molecule has 0 atom stereocenters. The third kappa shape index (κ3) is 8.61. The van der Waals surface area contributed by atoms with E-state index >= 15 is 0 Å². The van der Waals surface area contributed by atoms with Gasteiger partial charge < -0.3 is 24.7 Å². The molecule has 7 heteroatoms. The van der Waals surface area contributed by atoms with Gasteiger partial charge in [-0.3, -0.25) is 9.80 Å². The van der Waals surface area contributed by atoms with Gasteiger partial charge in [0.1, 0.15) is 0 Å². The molecule has 0 saturated carbocycles. The second kappa shape index (κ2) is 11.5. The molecule has 1 N–H and O–H groups in total. The van der Waals surface area contributed by atoms with E-state index in [1.807, 2.05) is 0 Å². The van der Waals surface area contributed by atoms with E-state index in [1.54, 1.807) is 0 Å². The first-order valence-electron chi connectivity index (χ1n) is 10.3. The maximum absolute atomic E-state index is 10.7. The van der Waals surface area contributed by atoms with Crippen LogP contribution in [0.1, 0.15) is 0 Å². The van der Waals surface area contributed by atoms with E-state index in [1.165, 1.54) is 0 Å². The van der Waals surface area contributed by atoms with Crippen LogP contribution in [0.3, 0.4) is 0 Å². The zero-order valence-electron chi connectivity index (χ0n) is 17.6. The molecule has 0 aromatic carbocycles. The van der Waals surface area contributed by atoms with Crippen LogP contribution in [0.2, 0.25) is 0 Å². The monoisotopic (exact) mass is 370 g/mol. The third-order valence-electron chi connectivity index (χ3n) is 5.86. The molecule has 0 radical (unpaired) electrons. The minimum Gasteiger partial charge on any atom is -0.390 e. The Bertz CT molecular complexity index is 323. The molecule has 7 nitrogen and oxygen atoms in total. The highest BCUT2D eigenvalue weighted by atomic mass is 16.3. The molecule has 26 heavy (non-hydrogen) atoms. The zero-order valence-corrected chi connectivity index (χ0v) is 17.6. The van der Waals surface area contributed by atoms with Crippen molar-refractivity contribution in [2.24, 2.45) is 0 Å².